The van der Waals surface area contributed by atoms with E-state index < -0.39 is 0 Å². The standard InChI is InChI=1S/C9H10S2/c1-6-2-3-8-7(4-6)5-9(10)11-8/h2-4,9-10H,5H2,1H3. The van der Waals surface area contributed by atoms with Crippen molar-refractivity contribution in [2.75, 3.05) is 0 Å². The Bertz CT molecular complexity index is 281. The molecule has 0 nitrogen and oxygen atoms in total. The van der Waals surface area contributed by atoms with E-state index >= 15 is 0 Å². The van der Waals surface area contributed by atoms with E-state index in [1.165, 1.54) is 16.0 Å². The molecule has 1 heterocycles. The topological polar surface area (TPSA) is 0 Å². The maximum Gasteiger partial charge on any atom is 0.0560 e. The minimum Gasteiger partial charge on any atom is -0.164 e. The smallest absolute Gasteiger partial charge is 0.0560 e. The van der Waals surface area contributed by atoms with Crippen molar-refractivity contribution in [1.82, 2.24) is 0 Å². The summed E-state index contributed by atoms with van der Waals surface area (Å²) in [6.07, 6.45) is 1.12. The van der Waals surface area contributed by atoms with Crippen LogP contribution in [0.5, 0.6) is 0 Å². The summed E-state index contributed by atoms with van der Waals surface area (Å²) in [7, 11) is 0. The van der Waals surface area contributed by atoms with Gasteiger partial charge in [0.25, 0.3) is 0 Å². The summed E-state index contributed by atoms with van der Waals surface area (Å²) in [5.41, 5.74) is 2.82. The van der Waals surface area contributed by atoms with E-state index in [4.69, 9.17) is 0 Å². The van der Waals surface area contributed by atoms with E-state index in [0.29, 0.717) is 4.58 Å². The van der Waals surface area contributed by atoms with Crippen LogP contribution in [0.25, 0.3) is 0 Å². The third-order valence-electron chi connectivity index (χ3n) is 1.87. The van der Waals surface area contributed by atoms with E-state index in [2.05, 4.69) is 37.8 Å². The first-order chi connectivity index (χ1) is 5.25. The van der Waals surface area contributed by atoms with Gasteiger partial charge in [0.2, 0.25) is 0 Å². The van der Waals surface area contributed by atoms with Gasteiger partial charge in [-0.3, -0.25) is 0 Å². The predicted octanol–water partition coefficient (Wildman–Crippen LogP) is 2.90. The van der Waals surface area contributed by atoms with Crippen molar-refractivity contribution in [3.8, 4) is 0 Å². The van der Waals surface area contributed by atoms with Gasteiger partial charge in [0.05, 0.1) is 4.58 Å². The third-order valence-corrected chi connectivity index (χ3v) is 3.46. The predicted molar refractivity (Wildman–Crippen MR) is 53.5 cm³/mol. The van der Waals surface area contributed by atoms with E-state index in [-0.39, 0.29) is 0 Å². The first-order valence-electron chi connectivity index (χ1n) is 3.70. The summed E-state index contributed by atoms with van der Waals surface area (Å²) in [6, 6.07) is 6.63. The van der Waals surface area contributed by atoms with Gasteiger partial charge in [0.1, 0.15) is 0 Å². The lowest BCUT2D eigenvalue weighted by Gasteiger charge is -1.96. The number of aryl methyl sites for hydroxylation is 1. The van der Waals surface area contributed by atoms with Gasteiger partial charge in [-0.2, -0.15) is 12.6 Å². The van der Waals surface area contributed by atoms with E-state index in [0.717, 1.165) is 6.42 Å². The number of rotatable bonds is 0. The minimum atomic E-state index is 0.479. The van der Waals surface area contributed by atoms with Crippen LogP contribution in [0.1, 0.15) is 11.1 Å². The Morgan fingerprint density at radius 2 is 2.36 bits per heavy atom. The average molecular weight is 182 g/mol. The van der Waals surface area contributed by atoms with E-state index in [9.17, 15) is 0 Å². The molecule has 2 rings (SSSR count). The molecule has 0 aliphatic carbocycles. The van der Waals surface area contributed by atoms with Gasteiger partial charge in [-0.25, -0.2) is 0 Å². The molecule has 0 N–H and O–H groups in total. The van der Waals surface area contributed by atoms with Crippen LogP contribution < -0.4 is 0 Å². The first kappa shape index (κ1) is 7.56. The second kappa shape index (κ2) is 2.76. The van der Waals surface area contributed by atoms with Crippen LogP contribution in [0.4, 0.5) is 0 Å². The summed E-state index contributed by atoms with van der Waals surface area (Å²) in [5.74, 6) is 0. The van der Waals surface area contributed by atoms with Crippen molar-refractivity contribution < 1.29 is 0 Å². The molecule has 58 valence electrons. The normalized spacial score (nSPS) is 21.8. The highest BCUT2D eigenvalue weighted by atomic mass is 32.2. The van der Waals surface area contributed by atoms with Crippen molar-refractivity contribution in [2.45, 2.75) is 22.8 Å². The molecular formula is C9H10S2. The first-order valence-corrected chi connectivity index (χ1v) is 5.09. The maximum atomic E-state index is 4.43. The van der Waals surface area contributed by atoms with Crippen LogP contribution in [0.3, 0.4) is 0 Å². The molecule has 1 aliphatic heterocycles. The third kappa shape index (κ3) is 1.42. The van der Waals surface area contributed by atoms with Crippen molar-refractivity contribution in [2.24, 2.45) is 0 Å². The molecule has 0 radical (unpaired) electrons. The second-order valence-electron chi connectivity index (χ2n) is 2.89. The number of thioether (sulfide) groups is 1. The molecule has 0 bridgehead atoms. The summed E-state index contributed by atoms with van der Waals surface area (Å²) < 4.78 is 0.479. The van der Waals surface area contributed by atoms with Crippen LogP contribution in [0.15, 0.2) is 23.1 Å². The number of thiol groups is 1. The maximum absolute atomic E-state index is 4.43. The van der Waals surface area contributed by atoms with Crippen molar-refractivity contribution >= 4 is 24.4 Å². The highest BCUT2D eigenvalue weighted by Gasteiger charge is 2.18. The van der Waals surface area contributed by atoms with Crippen molar-refractivity contribution in [1.29, 1.82) is 0 Å². The van der Waals surface area contributed by atoms with E-state index in [1.807, 2.05) is 11.8 Å². The van der Waals surface area contributed by atoms with Gasteiger partial charge in [-0.05, 0) is 25.0 Å². The zero-order valence-electron chi connectivity index (χ0n) is 6.37. The Morgan fingerprint density at radius 3 is 3.18 bits per heavy atom. The highest BCUT2D eigenvalue weighted by molar-refractivity contribution is 8.10. The van der Waals surface area contributed by atoms with Crippen LogP contribution in [0.2, 0.25) is 0 Å². The molecule has 0 saturated carbocycles. The number of benzene rings is 1. The van der Waals surface area contributed by atoms with Gasteiger partial charge in [-0.15, -0.1) is 11.8 Å². The lowest BCUT2D eigenvalue weighted by Crippen LogP contribution is -1.87. The lowest BCUT2D eigenvalue weighted by atomic mass is 10.1. The summed E-state index contributed by atoms with van der Waals surface area (Å²) >= 11 is 6.30. The van der Waals surface area contributed by atoms with Gasteiger partial charge in [0.15, 0.2) is 0 Å². The number of hydrogen-bond acceptors (Lipinski definition) is 2. The van der Waals surface area contributed by atoms with Gasteiger partial charge >= 0.3 is 0 Å². The Hall–Kier alpha value is -0.0800. The molecule has 0 spiro atoms. The average Bonchev–Trinajstić information content (AvgIpc) is 2.27. The van der Waals surface area contributed by atoms with Crippen molar-refractivity contribution in [3.63, 3.8) is 0 Å². The van der Waals surface area contributed by atoms with Crippen molar-refractivity contribution in [3.05, 3.63) is 29.3 Å². The Labute approximate surface area is 76.8 Å². The molecule has 11 heavy (non-hydrogen) atoms. The summed E-state index contributed by atoms with van der Waals surface area (Å²) in [5, 5.41) is 0. The molecule has 1 aliphatic rings. The highest BCUT2D eigenvalue weighted by Crippen LogP contribution is 2.38. The molecular weight excluding hydrogens is 172 g/mol. The fourth-order valence-corrected chi connectivity index (χ4v) is 2.89. The minimum absolute atomic E-state index is 0.479. The molecule has 0 saturated heterocycles. The van der Waals surface area contributed by atoms with Crippen LogP contribution in [-0.2, 0) is 6.42 Å². The quantitative estimate of drug-likeness (QED) is 0.602. The fraction of sp³-hybridized carbons (Fsp3) is 0.333. The molecule has 1 aromatic carbocycles. The largest absolute Gasteiger partial charge is 0.164 e. The van der Waals surface area contributed by atoms with Crippen LogP contribution >= 0.6 is 24.4 Å². The molecule has 0 aromatic heterocycles. The van der Waals surface area contributed by atoms with Crippen LogP contribution in [-0.4, -0.2) is 4.58 Å². The Morgan fingerprint density at radius 1 is 1.55 bits per heavy atom. The zero-order valence-corrected chi connectivity index (χ0v) is 8.08. The lowest BCUT2D eigenvalue weighted by molar-refractivity contribution is 1.10. The molecule has 1 atom stereocenters. The van der Waals surface area contributed by atoms with E-state index in [1.54, 1.807) is 0 Å². The summed E-state index contributed by atoms with van der Waals surface area (Å²) in [4.78, 5) is 1.41. The van der Waals surface area contributed by atoms with Gasteiger partial charge in [-0.1, -0.05) is 17.7 Å². The Balaban J connectivity index is 2.43. The molecule has 0 fully saturated rings. The molecule has 0 amide bonds. The fourth-order valence-electron chi connectivity index (χ4n) is 1.36. The Kier molecular flexibility index (Phi) is 1.90. The molecule has 1 unspecified atom stereocenters. The van der Waals surface area contributed by atoms with Gasteiger partial charge < -0.3 is 0 Å². The summed E-state index contributed by atoms with van der Waals surface area (Å²) in [6.45, 7) is 2.14. The van der Waals surface area contributed by atoms with Gasteiger partial charge in [0, 0.05) is 4.90 Å². The second-order valence-corrected chi connectivity index (χ2v) is 5.11. The molecule has 1 aromatic rings. The monoisotopic (exact) mass is 182 g/mol. The SMILES string of the molecule is Cc1ccc2c(c1)CC(S)S2. The zero-order chi connectivity index (χ0) is 7.84. The number of fused-ring (bicyclic) bond motifs is 1. The number of hydrogen-bond donors (Lipinski definition) is 1. The molecule has 2 heteroatoms. The van der Waals surface area contributed by atoms with Crippen LogP contribution in [0, 0.1) is 6.92 Å².